The van der Waals surface area contributed by atoms with E-state index in [1.54, 1.807) is 6.20 Å². The summed E-state index contributed by atoms with van der Waals surface area (Å²) in [4.78, 5) is 21.5. The van der Waals surface area contributed by atoms with Gasteiger partial charge in [-0.2, -0.15) is 0 Å². The van der Waals surface area contributed by atoms with Crippen molar-refractivity contribution in [2.24, 2.45) is 12.8 Å². The first-order chi connectivity index (χ1) is 18.9. The molecule has 2 aromatic rings. The minimum atomic E-state index is -0.206. The number of halogens is 1. The zero-order valence-electron chi connectivity index (χ0n) is 23.4. The number of aryl methyl sites for hydroxylation is 1. The van der Waals surface area contributed by atoms with Crippen molar-refractivity contribution in [3.05, 3.63) is 82.6 Å². The number of rotatable bonds is 8. The van der Waals surface area contributed by atoms with Crippen LogP contribution in [0.5, 0.6) is 0 Å². The third-order valence-corrected chi connectivity index (χ3v) is 8.05. The average Bonchev–Trinajstić information content (AvgIpc) is 3.30. The Labute approximate surface area is 237 Å². The van der Waals surface area contributed by atoms with Gasteiger partial charge in [0.2, 0.25) is 0 Å². The van der Waals surface area contributed by atoms with E-state index in [-0.39, 0.29) is 24.3 Å². The summed E-state index contributed by atoms with van der Waals surface area (Å²) < 4.78 is 7.76. The van der Waals surface area contributed by atoms with Gasteiger partial charge in [-0.1, -0.05) is 43.7 Å². The first-order valence-corrected chi connectivity index (χ1v) is 14.2. The molecule has 0 spiro atoms. The van der Waals surface area contributed by atoms with Gasteiger partial charge in [-0.3, -0.25) is 4.90 Å². The van der Waals surface area contributed by atoms with Crippen LogP contribution in [0.15, 0.2) is 60.7 Å². The van der Waals surface area contributed by atoms with Crippen molar-refractivity contribution < 1.29 is 9.53 Å². The van der Waals surface area contributed by atoms with Gasteiger partial charge >= 0.3 is 6.09 Å². The lowest BCUT2D eigenvalue weighted by molar-refractivity contribution is 0.0362. The fourth-order valence-electron chi connectivity index (χ4n) is 5.60. The standard InChI is InChI=1S/C30H41ClN6O2/c1-5-23(6-2)39-30(38)37-14-12-36(13-15-37)27-17-21(8-7-11-32)16-26(25-18-22(31)9-10-24(25)27)29(33-3)28-19-34-20-35(28)4/h7-11,16,18-20,23,27,29,33H,5-6,12-15,17,32H2,1-4H3/b11-7-,21-8-. The van der Waals surface area contributed by atoms with Gasteiger partial charge < -0.3 is 25.3 Å². The predicted molar refractivity (Wildman–Crippen MR) is 157 cm³/mol. The van der Waals surface area contributed by atoms with Gasteiger partial charge in [-0.05, 0) is 73.0 Å². The molecule has 39 heavy (non-hydrogen) atoms. The molecule has 3 N–H and O–H groups in total. The molecule has 0 radical (unpaired) electrons. The van der Waals surface area contributed by atoms with E-state index >= 15 is 0 Å². The van der Waals surface area contributed by atoms with Gasteiger partial charge in [-0.15, -0.1) is 0 Å². The SMILES string of the molecule is CCC(CC)OC(=O)N1CCN(C2C/C(=C\C=C/N)C=C(C(NC)c3cncn3C)c3cc(Cl)ccc32)CC1. The highest BCUT2D eigenvalue weighted by Crippen LogP contribution is 2.43. The molecule has 2 heterocycles. The second-order valence-electron chi connectivity index (χ2n) is 10.2. The summed E-state index contributed by atoms with van der Waals surface area (Å²) in [6.45, 7) is 6.89. The van der Waals surface area contributed by atoms with Crippen LogP contribution in [-0.2, 0) is 11.8 Å². The molecule has 1 aromatic carbocycles. The third kappa shape index (κ3) is 6.57. The smallest absolute Gasteiger partial charge is 0.410 e. The number of allylic oxidation sites excluding steroid dienone is 3. The van der Waals surface area contributed by atoms with E-state index in [0.717, 1.165) is 49.2 Å². The maximum Gasteiger partial charge on any atom is 0.410 e. The lowest BCUT2D eigenvalue weighted by Crippen LogP contribution is -2.50. The molecule has 1 aliphatic carbocycles. The number of benzene rings is 1. The van der Waals surface area contributed by atoms with Crippen LogP contribution in [0.3, 0.4) is 0 Å². The molecule has 8 nitrogen and oxygen atoms in total. The fourth-order valence-corrected chi connectivity index (χ4v) is 5.77. The summed E-state index contributed by atoms with van der Waals surface area (Å²) in [7, 11) is 3.97. The van der Waals surface area contributed by atoms with E-state index < -0.39 is 0 Å². The largest absolute Gasteiger partial charge is 0.446 e. The number of ether oxygens (including phenoxy) is 1. The molecule has 1 aromatic heterocycles. The maximum absolute atomic E-state index is 12.8. The van der Waals surface area contributed by atoms with Crippen molar-refractivity contribution in [1.82, 2.24) is 24.7 Å². The highest BCUT2D eigenvalue weighted by Gasteiger charge is 2.33. The van der Waals surface area contributed by atoms with E-state index in [4.69, 9.17) is 22.1 Å². The van der Waals surface area contributed by atoms with E-state index in [9.17, 15) is 4.79 Å². The quantitative estimate of drug-likeness (QED) is 0.468. The number of nitrogens with zero attached hydrogens (tertiary/aromatic N) is 4. The van der Waals surface area contributed by atoms with Gasteiger partial charge in [0.05, 0.1) is 24.3 Å². The van der Waals surface area contributed by atoms with E-state index in [2.05, 4.69) is 53.3 Å². The minimum absolute atomic E-state index is 0.0265. The molecule has 0 saturated carbocycles. The second-order valence-corrected chi connectivity index (χ2v) is 10.6. The van der Waals surface area contributed by atoms with Gasteiger partial charge in [0, 0.05) is 44.3 Å². The lowest BCUT2D eigenvalue weighted by atomic mass is 9.90. The molecule has 2 aliphatic rings. The number of likely N-dealkylation sites (N-methyl/N-ethyl adjacent to an activating group) is 1. The molecular weight excluding hydrogens is 512 g/mol. The molecule has 1 amide bonds. The number of fused-ring (bicyclic) bond motifs is 1. The summed E-state index contributed by atoms with van der Waals surface area (Å²) >= 11 is 6.59. The molecule has 4 rings (SSSR count). The first kappa shape index (κ1) is 28.9. The maximum atomic E-state index is 12.8. The van der Waals surface area contributed by atoms with Crippen molar-refractivity contribution in [3.8, 4) is 0 Å². The first-order valence-electron chi connectivity index (χ1n) is 13.8. The number of nitrogens with two attached hydrogens (primary N) is 1. The van der Waals surface area contributed by atoms with Crippen molar-refractivity contribution in [1.29, 1.82) is 0 Å². The van der Waals surface area contributed by atoms with Gasteiger partial charge in [0.25, 0.3) is 0 Å². The summed E-state index contributed by atoms with van der Waals surface area (Å²) in [5.41, 5.74) is 11.4. The van der Waals surface area contributed by atoms with Gasteiger partial charge in [0.15, 0.2) is 0 Å². The Morgan fingerprint density at radius 1 is 1.26 bits per heavy atom. The Kier molecular flexibility index (Phi) is 9.88. The predicted octanol–water partition coefficient (Wildman–Crippen LogP) is 5.20. The summed E-state index contributed by atoms with van der Waals surface area (Å²) in [6, 6.07) is 6.23. The number of piperazine rings is 1. The summed E-state index contributed by atoms with van der Waals surface area (Å²) in [6.07, 6.45) is 13.7. The number of carbonyl (C=O) groups excluding carboxylic acids is 1. The monoisotopic (exact) mass is 552 g/mol. The van der Waals surface area contributed by atoms with Crippen LogP contribution in [0, 0.1) is 0 Å². The zero-order valence-corrected chi connectivity index (χ0v) is 24.2. The number of carbonyl (C=O) groups is 1. The Morgan fingerprint density at radius 2 is 2.00 bits per heavy atom. The highest BCUT2D eigenvalue weighted by atomic mass is 35.5. The van der Waals surface area contributed by atoms with Crippen LogP contribution in [-0.4, -0.2) is 64.8 Å². The number of imidazole rings is 1. The van der Waals surface area contributed by atoms with Crippen LogP contribution in [0.2, 0.25) is 5.02 Å². The fraction of sp³-hybridized carbons (Fsp3) is 0.467. The van der Waals surface area contributed by atoms with E-state index in [0.29, 0.717) is 18.1 Å². The Hall–Kier alpha value is -3.07. The molecular formula is C30H41ClN6O2. The van der Waals surface area contributed by atoms with Crippen LogP contribution in [0.4, 0.5) is 4.79 Å². The van der Waals surface area contributed by atoms with E-state index in [1.165, 1.54) is 11.1 Å². The lowest BCUT2D eigenvalue weighted by Gasteiger charge is -2.40. The summed E-state index contributed by atoms with van der Waals surface area (Å²) in [5.74, 6) is 0. The average molecular weight is 553 g/mol. The number of hydrogen-bond acceptors (Lipinski definition) is 6. The zero-order chi connectivity index (χ0) is 27.9. The minimum Gasteiger partial charge on any atom is -0.446 e. The number of amides is 1. The molecule has 1 fully saturated rings. The molecule has 210 valence electrons. The van der Waals surface area contributed by atoms with Crippen molar-refractivity contribution in [2.75, 3.05) is 33.2 Å². The third-order valence-electron chi connectivity index (χ3n) is 7.82. The van der Waals surface area contributed by atoms with E-state index in [1.807, 2.05) is 48.2 Å². The van der Waals surface area contributed by atoms with Crippen LogP contribution in [0.25, 0.3) is 5.57 Å². The molecule has 2 atom stereocenters. The molecule has 1 aliphatic heterocycles. The van der Waals surface area contributed by atoms with Crippen LogP contribution >= 0.6 is 11.6 Å². The van der Waals surface area contributed by atoms with Crippen LogP contribution in [0.1, 0.15) is 62.0 Å². The Bertz CT molecular complexity index is 1220. The molecule has 9 heteroatoms. The van der Waals surface area contributed by atoms with Crippen molar-refractivity contribution in [2.45, 2.75) is 51.3 Å². The van der Waals surface area contributed by atoms with Crippen molar-refractivity contribution >= 4 is 23.3 Å². The Morgan fingerprint density at radius 3 is 2.62 bits per heavy atom. The van der Waals surface area contributed by atoms with Gasteiger partial charge in [-0.25, -0.2) is 9.78 Å². The molecule has 1 saturated heterocycles. The van der Waals surface area contributed by atoms with Crippen LogP contribution < -0.4 is 11.1 Å². The topological polar surface area (TPSA) is 88.7 Å². The number of hydrogen-bond donors (Lipinski definition) is 2. The second kappa shape index (κ2) is 13.3. The normalized spacial score (nSPS) is 20.3. The van der Waals surface area contributed by atoms with Gasteiger partial charge in [0.1, 0.15) is 6.10 Å². The molecule has 0 bridgehead atoms. The highest BCUT2D eigenvalue weighted by molar-refractivity contribution is 6.30. The summed E-state index contributed by atoms with van der Waals surface area (Å²) in [5, 5.41) is 4.20. The van der Waals surface area contributed by atoms with Crippen molar-refractivity contribution in [3.63, 3.8) is 0 Å². The number of nitrogens with one attached hydrogen (secondary N) is 1. The molecule has 2 unspecified atom stereocenters. The number of aromatic nitrogens is 2. The Balaban J connectivity index is 1.68.